The number of nitrogens with one attached hydrogen (secondary N) is 1. The molecule has 0 unspecified atom stereocenters. The smallest absolute Gasteiger partial charge is 0.251 e. The van der Waals surface area contributed by atoms with Gasteiger partial charge in [0.25, 0.3) is 5.91 Å². The summed E-state index contributed by atoms with van der Waals surface area (Å²) in [5.74, 6) is 1.79. The van der Waals surface area contributed by atoms with Crippen molar-refractivity contribution in [2.45, 2.75) is 57.9 Å². The number of aromatic nitrogens is 4. The van der Waals surface area contributed by atoms with Gasteiger partial charge in [-0.2, -0.15) is 4.68 Å². The highest BCUT2D eigenvalue weighted by Crippen LogP contribution is 2.40. The predicted octanol–water partition coefficient (Wildman–Crippen LogP) is 4.43. The number of hydrogen-bond donors (Lipinski definition) is 1. The molecule has 0 aliphatic heterocycles. The highest BCUT2D eigenvalue weighted by Gasteiger charge is 2.39. The van der Waals surface area contributed by atoms with Gasteiger partial charge in [-0.15, -0.1) is 5.10 Å². The highest BCUT2D eigenvalue weighted by atomic mass is 16.1. The van der Waals surface area contributed by atoms with Crippen LogP contribution in [0.4, 0.5) is 0 Å². The molecule has 1 N–H and O–H groups in total. The predicted molar refractivity (Wildman–Crippen MR) is 116 cm³/mol. The Balaban J connectivity index is 1.57. The van der Waals surface area contributed by atoms with E-state index in [1.807, 2.05) is 12.1 Å². The molecule has 2 aliphatic carbocycles. The van der Waals surface area contributed by atoms with Gasteiger partial charge in [0.15, 0.2) is 5.82 Å². The van der Waals surface area contributed by atoms with Gasteiger partial charge in [-0.1, -0.05) is 29.8 Å². The molecule has 2 aliphatic rings. The van der Waals surface area contributed by atoms with Crippen molar-refractivity contribution in [1.82, 2.24) is 25.5 Å². The minimum absolute atomic E-state index is 0.0526. The van der Waals surface area contributed by atoms with E-state index in [4.69, 9.17) is 0 Å². The molecule has 0 atom stereocenters. The van der Waals surface area contributed by atoms with Crippen molar-refractivity contribution in [3.63, 3.8) is 0 Å². The summed E-state index contributed by atoms with van der Waals surface area (Å²) in [6.07, 6.45) is 4.58. The van der Waals surface area contributed by atoms with Gasteiger partial charge in [-0.3, -0.25) is 4.79 Å². The average Bonchev–Trinajstić information content (AvgIpc) is 3.66. The van der Waals surface area contributed by atoms with Crippen molar-refractivity contribution in [1.29, 1.82) is 0 Å². The van der Waals surface area contributed by atoms with Crippen LogP contribution in [0.1, 0.15) is 67.2 Å². The molecule has 0 spiro atoms. The van der Waals surface area contributed by atoms with Crippen molar-refractivity contribution in [2.75, 3.05) is 0 Å². The van der Waals surface area contributed by atoms with E-state index in [2.05, 4.69) is 71.9 Å². The van der Waals surface area contributed by atoms with E-state index in [1.165, 1.54) is 18.4 Å². The maximum absolute atomic E-state index is 13.2. The van der Waals surface area contributed by atoms with Crippen LogP contribution in [0.25, 0.3) is 16.8 Å². The zero-order valence-corrected chi connectivity index (χ0v) is 17.7. The number of carbonyl (C=O) groups is 1. The topological polar surface area (TPSA) is 72.7 Å². The lowest BCUT2D eigenvalue weighted by Gasteiger charge is -2.26. The summed E-state index contributed by atoms with van der Waals surface area (Å²) in [4.78, 5) is 13.2. The number of benzene rings is 2. The second-order valence-electron chi connectivity index (χ2n) is 9.31. The van der Waals surface area contributed by atoms with Gasteiger partial charge >= 0.3 is 0 Å². The van der Waals surface area contributed by atoms with Crippen LogP contribution in [0.15, 0.2) is 42.5 Å². The summed E-state index contributed by atoms with van der Waals surface area (Å²) in [6, 6.07) is 14.3. The van der Waals surface area contributed by atoms with Crippen LogP contribution in [0.3, 0.4) is 0 Å². The highest BCUT2D eigenvalue weighted by molar-refractivity contribution is 5.96. The van der Waals surface area contributed by atoms with Gasteiger partial charge < -0.3 is 5.32 Å². The number of aryl methyl sites for hydroxylation is 1. The molecule has 2 aromatic carbocycles. The van der Waals surface area contributed by atoms with E-state index in [-0.39, 0.29) is 11.4 Å². The number of nitrogens with zero attached hydrogens (tertiary/aromatic N) is 4. The van der Waals surface area contributed by atoms with Gasteiger partial charge in [-0.05, 0) is 92.1 Å². The molecular weight excluding hydrogens is 374 g/mol. The van der Waals surface area contributed by atoms with Crippen LogP contribution in [0, 0.1) is 12.8 Å². The zero-order chi connectivity index (χ0) is 20.9. The minimum atomic E-state index is -0.203. The van der Waals surface area contributed by atoms with E-state index in [1.54, 1.807) is 4.68 Å². The quantitative estimate of drug-likeness (QED) is 0.663. The van der Waals surface area contributed by atoms with Crippen molar-refractivity contribution < 1.29 is 4.79 Å². The Hall–Kier alpha value is -3.02. The average molecular weight is 402 g/mol. The van der Waals surface area contributed by atoms with Gasteiger partial charge in [0, 0.05) is 17.0 Å². The number of carbonyl (C=O) groups excluding carboxylic acids is 1. The van der Waals surface area contributed by atoms with Crippen LogP contribution in [0.5, 0.6) is 0 Å². The zero-order valence-electron chi connectivity index (χ0n) is 17.7. The van der Waals surface area contributed by atoms with Crippen LogP contribution in [-0.4, -0.2) is 31.7 Å². The second kappa shape index (κ2) is 7.04. The lowest BCUT2D eigenvalue weighted by Crippen LogP contribution is -2.45. The number of hydrogen-bond acceptors (Lipinski definition) is 4. The van der Waals surface area contributed by atoms with Crippen molar-refractivity contribution in [3.8, 4) is 16.8 Å². The molecule has 6 heteroatoms. The van der Waals surface area contributed by atoms with Crippen LogP contribution in [0.2, 0.25) is 0 Å². The standard InChI is InChI=1S/C24H27N5O/c1-15-4-6-16(7-5-15)18-12-19(23(30)25-24(2,3)20-10-11-20)14-21(13-18)29-22(17-8-9-17)26-27-28-29/h4-7,12-14,17,20H,8-11H2,1-3H3,(H,25,30). The molecule has 154 valence electrons. The number of amides is 1. The van der Waals surface area contributed by atoms with Crippen molar-refractivity contribution in [3.05, 3.63) is 59.4 Å². The molecule has 0 bridgehead atoms. The number of rotatable bonds is 6. The third-order valence-corrected chi connectivity index (χ3v) is 6.28. The first kappa shape index (κ1) is 19.0. The van der Waals surface area contributed by atoms with Crippen LogP contribution < -0.4 is 5.32 Å². The Kier molecular flexibility index (Phi) is 4.45. The van der Waals surface area contributed by atoms with E-state index in [0.29, 0.717) is 17.4 Å². The molecule has 1 heterocycles. The molecule has 1 aromatic heterocycles. The molecule has 0 saturated heterocycles. The Morgan fingerprint density at radius 1 is 1.03 bits per heavy atom. The molecule has 3 aromatic rings. The minimum Gasteiger partial charge on any atom is -0.347 e. The lowest BCUT2D eigenvalue weighted by molar-refractivity contribution is 0.0903. The van der Waals surface area contributed by atoms with E-state index < -0.39 is 0 Å². The first-order valence-corrected chi connectivity index (χ1v) is 10.7. The Labute approximate surface area is 176 Å². The summed E-state index contributed by atoms with van der Waals surface area (Å²) in [5.41, 5.74) is 4.52. The third-order valence-electron chi connectivity index (χ3n) is 6.28. The summed E-state index contributed by atoms with van der Waals surface area (Å²) in [6.45, 7) is 6.29. The lowest BCUT2D eigenvalue weighted by atomic mass is 9.96. The van der Waals surface area contributed by atoms with Crippen molar-refractivity contribution >= 4 is 5.91 Å². The van der Waals surface area contributed by atoms with Gasteiger partial charge in [-0.25, -0.2) is 0 Å². The SMILES string of the molecule is Cc1ccc(-c2cc(C(=O)NC(C)(C)C3CC3)cc(-n3nnnc3C3CC3)c2)cc1. The van der Waals surface area contributed by atoms with E-state index in [0.717, 1.165) is 35.5 Å². The maximum atomic E-state index is 13.2. The molecule has 6 nitrogen and oxygen atoms in total. The molecule has 5 rings (SSSR count). The van der Waals surface area contributed by atoms with E-state index in [9.17, 15) is 4.79 Å². The molecule has 0 radical (unpaired) electrons. The Morgan fingerprint density at radius 3 is 2.43 bits per heavy atom. The van der Waals surface area contributed by atoms with Gasteiger partial charge in [0.05, 0.1) is 5.69 Å². The Bertz CT molecular complexity index is 1090. The monoisotopic (exact) mass is 401 g/mol. The fraction of sp³-hybridized carbons (Fsp3) is 0.417. The summed E-state index contributed by atoms with van der Waals surface area (Å²) in [5, 5.41) is 15.6. The third kappa shape index (κ3) is 3.74. The molecule has 2 saturated carbocycles. The fourth-order valence-electron chi connectivity index (χ4n) is 4.02. The molecule has 1 amide bonds. The summed E-state index contributed by atoms with van der Waals surface area (Å²) < 4.78 is 1.79. The second-order valence-corrected chi connectivity index (χ2v) is 9.31. The Morgan fingerprint density at radius 2 is 1.77 bits per heavy atom. The van der Waals surface area contributed by atoms with Gasteiger partial charge in [0.1, 0.15) is 0 Å². The molecular formula is C24H27N5O. The summed E-state index contributed by atoms with van der Waals surface area (Å²) in [7, 11) is 0. The largest absolute Gasteiger partial charge is 0.347 e. The molecule has 2 fully saturated rings. The van der Waals surface area contributed by atoms with Crippen LogP contribution in [-0.2, 0) is 0 Å². The van der Waals surface area contributed by atoms with Crippen molar-refractivity contribution in [2.24, 2.45) is 5.92 Å². The normalized spacial score (nSPS) is 16.5. The number of tetrazole rings is 1. The first-order chi connectivity index (χ1) is 14.4. The van der Waals surface area contributed by atoms with Crippen LogP contribution >= 0.6 is 0 Å². The molecule has 30 heavy (non-hydrogen) atoms. The van der Waals surface area contributed by atoms with E-state index >= 15 is 0 Å². The summed E-state index contributed by atoms with van der Waals surface area (Å²) >= 11 is 0. The van der Waals surface area contributed by atoms with Gasteiger partial charge in [0.2, 0.25) is 0 Å². The fourth-order valence-corrected chi connectivity index (χ4v) is 4.02. The first-order valence-electron chi connectivity index (χ1n) is 10.7. The maximum Gasteiger partial charge on any atom is 0.251 e.